The number of aryl methyl sites for hydroxylation is 1. The van der Waals surface area contributed by atoms with Crippen molar-refractivity contribution in [2.24, 2.45) is 28.4 Å². The number of benzene rings is 1. The first kappa shape index (κ1) is 24.3. The number of halogens is 1. The van der Waals surface area contributed by atoms with Crippen molar-refractivity contribution < 1.29 is 9.13 Å². The second-order valence-electron chi connectivity index (χ2n) is 8.22. The van der Waals surface area contributed by atoms with E-state index in [1.54, 1.807) is 25.2 Å². The Morgan fingerprint density at radius 3 is 2.52 bits per heavy atom. The maximum absolute atomic E-state index is 13.7. The minimum absolute atomic E-state index is 0.0619. The lowest BCUT2D eigenvalue weighted by Gasteiger charge is -2.27. The molecule has 0 atom stereocenters. The zero-order valence-corrected chi connectivity index (χ0v) is 19.2. The van der Waals surface area contributed by atoms with E-state index in [0.717, 1.165) is 24.3 Å². The minimum atomic E-state index is -0.427. The van der Waals surface area contributed by atoms with Crippen LogP contribution in [0.15, 0.2) is 47.2 Å². The van der Waals surface area contributed by atoms with E-state index >= 15 is 0 Å². The van der Waals surface area contributed by atoms with E-state index in [4.69, 9.17) is 28.0 Å². The van der Waals surface area contributed by atoms with E-state index in [9.17, 15) is 4.39 Å². The van der Waals surface area contributed by atoms with Crippen molar-refractivity contribution in [3.8, 4) is 5.75 Å². The molecule has 0 aliphatic heterocycles. The monoisotopic (exact) mass is 456 g/mol. The molecule has 0 radical (unpaired) electrons. The van der Waals surface area contributed by atoms with Gasteiger partial charge >= 0.3 is 0 Å². The van der Waals surface area contributed by atoms with E-state index in [1.807, 2.05) is 13.0 Å². The van der Waals surface area contributed by atoms with Gasteiger partial charge in [-0.15, -0.1) is 0 Å². The van der Waals surface area contributed by atoms with Gasteiger partial charge in [0.05, 0.1) is 35.4 Å². The van der Waals surface area contributed by atoms with Gasteiger partial charge < -0.3 is 21.3 Å². The van der Waals surface area contributed by atoms with Gasteiger partial charge in [-0.1, -0.05) is 18.6 Å². The van der Waals surface area contributed by atoms with Crippen molar-refractivity contribution in [3.63, 3.8) is 0 Å². The lowest BCUT2D eigenvalue weighted by molar-refractivity contribution is 0.153. The number of rotatable bonds is 7. The predicted octanol–water partition coefficient (Wildman–Crippen LogP) is 2.17. The summed E-state index contributed by atoms with van der Waals surface area (Å²) in [5.74, 6) is 18.3. The molecule has 33 heavy (non-hydrogen) atoms. The second-order valence-corrected chi connectivity index (χ2v) is 8.22. The van der Waals surface area contributed by atoms with Crippen molar-refractivity contribution in [2.45, 2.75) is 45.1 Å². The third-order valence-electron chi connectivity index (χ3n) is 5.69. The Labute approximate surface area is 193 Å². The standard InChI is InChI=1S/C23H33FN8O/c1-15-21(33-18-9-4-3-5-10-18)12-11-19(29-15)22(25)20(31(2)27)14-32(28)23(30-26)16-7-6-8-17(24)13-16/h6-8,11-13,18H,3-5,9-10,14,25-28H2,1-2H3/b22-20-,30-23-. The molecule has 1 fully saturated rings. The van der Waals surface area contributed by atoms with Gasteiger partial charge in [0.2, 0.25) is 0 Å². The fraction of sp³-hybridized carbons (Fsp3) is 0.391. The summed E-state index contributed by atoms with van der Waals surface area (Å²) in [4.78, 5) is 4.63. The van der Waals surface area contributed by atoms with Gasteiger partial charge in [-0.2, -0.15) is 5.10 Å². The van der Waals surface area contributed by atoms with E-state index in [1.165, 1.54) is 41.4 Å². The molecule has 0 amide bonds. The molecular formula is C23H33FN8O. The number of aromatic nitrogens is 1. The quantitative estimate of drug-likeness (QED) is 0.215. The van der Waals surface area contributed by atoms with Crippen LogP contribution in [0.4, 0.5) is 4.39 Å². The van der Waals surface area contributed by atoms with Crippen molar-refractivity contribution in [2.75, 3.05) is 13.6 Å². The number of likely N-dealkylation sites (N-methyl/N-ethyl adjacent to an activating group) is 1. The first-order valence-electron chi connectivity index (χ1n) is 11.0. The lowest BCUT2D eigenvalue weighted by Crippen LogP contribution is -2.44. The summed E-state index contributed by atoms with van der Waals surface area (Å²) in [5, 5.41) is 6.34. The van der Waals surface area contributed by atoms with Gasteiger partial charge in [0.25, 0.3) is 0 Å². The largest absolute Gasteiger partial charge is 0.489 e. The summed E-state index contributed by atoms with van der Waals surface area (Å²) in [6, 6.07) is 9.50. The summed E-state index contributed by atoms with van der Waals surface area (Å²) >= 11 is 0. The van der Waals surface area contributed by atoms with Crippen LogP contribution in [0, 0.1) is 12.7 Å². The number of ether oxygens (including phenoxy) is 1. The van der Waals surface area contributed by atoms with Gasteiger partial charge in [-0.25, -0.2) is 21.1 Å². The number of hydrazine groups is 2. The summed E-state index contributed by atoms with van der Waals surface area (Å²) in [7, 11) is 1.64. The van der Waals surface area contributed by atoms with Crippen molar-refractivity contribution in [1.82, 2.24) is 15.0 Å². The van der Waals surface area contributed by atoms with Crippen LogP contribution in [0.1, 0.15) is 49.1 Å². The molecule has 0 spiro atoms. The van der Waals surface area contributed by atoms with E-state index in [-0.39, 0.29) is 18.5 Å². The lowest BCUT2D eigenvalue weighted by atomic mass is 9.98. The van der Waals surface area contributed by atoms with Gasteiger partial charge in [0.1, 0.15) is 11.6 Å². The Balaban J connectivity index is 1.82. The molecule has 0 bridgehead atoms. The van der Waals surface area contributed by atoms with Crippen molar-refractivity contribution in [1.29, 1.82) is 0 Å². The molecule has 1 saturated carbocycles. The normalized spacial score (nSPS) is 15.7. The SMILES string of the molecule is Cc1nc(/C(N)=C(\CN(N)/C(=N\N)c2cccc(F)c2)N(C)N)ccc1OC1CCCCC1. The van der Waals surface area contributed by atoms with E-state index < -0.39 is 5.82 Å². The zero-order chi connectivity index (χ0) is 24.0. The Kier molecular flexibility index (Phi) is 8.07. The molecule has 3 rings (SSSR count). The van der Waals surface area contributed by atoms with Crippen LogP contribution in [-0.4, -0.2) is 40.5 Å². The van der Waals surface area contributed by atoms with Crippen molar-refractivity contribution >= 4 is 11.5 Å². The van der Waals surface area contributed by atoms with Crippen LogP contribution in [0.2, 0.25) is 0 Å². The Morgan fingerprint density at radius 1 is 1.18 bits per heavy atom. The molecular weight excluding hydrogens is 423 g/mol. The maximum atomic E-state index is 13.7. The van der Waals surface area contributed by atoms with Crippen LogP contribution in [0.5, 0.6) is 5.75 Å². The molecule has 1 aliphatic carbocycles. The summed E-state index contributed by atoms with van der Waals surface area (Å²) < 4.78 is 19.8. The first-order valence-corrected chi connectivity index (χ1v) is 11.0. The molecule has 2 aromatic rings. The highest BCUT2D eigenvalue weighted by Crippen LogP contribution is 2.26. The highest BCUT2D eigenvalue weighted by Gasteiger charge is 2.20. The Bertz CT molecular complexity index is 1020. The highest BCUT2D eigenvalue weighted by atomic mass is 19.1. The predicted molar refractivity (Wildman–Crippen MR) is 128 cm³/mol. The number of nitrogens with two attached hydrogens (primary N) is 4. The smallest absolute Gasteiger partial charge is 0.169 e. The number of hydrogen-bond acceptors (Lipinski definition) is 8. The number of nitrogens with zero attached hydrogens (tertiary/aromatic N) is 4. The molecule has 178 valence electrons. The minimum Gasteiger partial charge on any atom is -0.489 e. The fourth-order valence-electron chi connectivity index (χ4n) is 3.90. The van der Waals surface area contributed by atoms with E-state index in [2.05, 4.69) is 10.1 Å². The third kappa shape index (κ3) is 6.11. The highest BCUT2D eigenvalue weighted by molar-refractivity contribution is 5.98. The third-order valence-corrected chi connectivity index (χ3v) is 5.69. The molecule has 9 nitrogen and oxygen atoms in total. The van der Waals surface area contributed by atoms with Crippen LogP contribution >= 0.6 is 0 Å². The summed E-state index contributed by atoms with van der Waals surface area (Å²) in [6.07, 6.45) is 6.00. The molecule has 10 heteroatoms. The zero-order valence-electron chi connectivity index (χ0n) is 19.2. The fourth-order valence-corrected chi connectivity index (χ4v) is 3.90. The molecule has 0 saturated heterocycles. The number of hydrazone groups is 1. The second kappa shape index (κ2) is 11.0. The van der Waals surface area contributed by atoms with Crippen LogP contribution in [0.3, 0.4) is 0 Å². The Hall–Kier alpha value is -3.37. The van der Waals surface area contributed by atoms with Crippen molar-refractivity contribution in [3.05, 3.63) is 64.9 Å². The summed E-state index contributed by atoms with van der Waals surface area (Å²) in [5.41, 5.74) is 8.99. The average molecular weight is 457 g/mol. The molecule has 1 aliphatic rings. The van der Waals surface area contributed by atoms with Gasteiger partial charge in [0, 0.05) is 12.6 Å². The number of amidine groups is 1. The maximum Gasteiger partial charge on any atom is 0.169 e. The molecule has 1 aromatic heterocycles. The molecule has 8 N–H and O–H groups in total. The topological polar surface area (TPSA) is 145 Å². The Morgan fingerprint density at radius 2 is 1.91 bits per heavy atom. The van der Waals surface area contributed by atoms with Crippen LogP contribution < -0.4 is 28.0 Å². The first-order chi connectivity index (χ1) is 15.8. The van der Waals surface area contributed by atoms with E-state index in [0.29, 0.717) is 22.7 Å². The van der Waals surface area contributed by atoms with Gasteiger partial charge in [-0.05, 0) is 56.9 Å². The molecule has 0 unspecified atom stereocenters. The molecule has 1 heterocycles. The summed E-state index contributed by atoms with van der Waals surface area (Å²) in [6.45, 7) is 1.95. The van der Waals surface area contributed by atoms with Crippen LogP contribution in [-0.2, 0) is 0 Å². The number of hydrogen-bond donors (Lipinski definition) is 4. The van der Waals surface area contributed by atoms with Crippen LogP contribution in [0.25, 0.3) is 5.70 Å². The van der Waals surface area contributed by atoms with Gasteiger partial charge in [-0.3, -0.25) is 5.01 Å². The average Bonchev–Trinajstić information content (AvgIpc) is 2.79. The molecule has 1 aromatic carbocycles. The number of pyridine rings is 1. The van der Waals surface area contributed by atoms with Gasteiger partial charge in [0.15, 0.2) is 5.84 Å².